The summed E-state index contributed by atoms with van der Waals surface area (Å²) in [5, 5.41) is 3.69. The maximum Gasteiger partial charge on any atom is 0.142 e. The molecule has 1 N–H and O–H groups in total. The van der Waals surface area contributed by atoms with Crippen LogP contribution in [0.1, 0.15) is 46.6 Å². The Morgan fingerprint density at radius 3 is 2.46 bits per heavy atom. The molecular formula is C22H28FN3. The van der Waals surface area contributed by atoms with E-state index in [2.05, 4.69) is 44.3 Å². The molecule has 0 radical (unpaired) electrons. The minimum absolute atomic E-state index is 0.139. The van der Waals surface area contributed by atoms with Crippen LogP contribution in [0.3, 0.4) is 0 Å². The number of halogens is 1. The Morgan fingerprint density at radius 2 is 1.81 bits per heavy atom. The van der Waals surface area contributed by atoms with E-state index in [1.54, 1.807) is 12.1 Å². The number of benzene rings is 1. The van der Waals surface area contributed by atoms with Gasteiger partial charge in [-0.1, -0.05) is 39.0 Å². The minimum atomic E-state index is -0.254. The van der Waals surface area contributed by atoms with E-state index in [0.717, 1.165) is 34.7 Å². The molecule has 2 aromatic heterocycles. The predicted octanol–water partition coefficient (Wildman–Crippen LogP) is 6.08. The zero-order chi connectivity index (χ0) is 19.1. The van der Waals surface area contributed by atoms with Crippen LogP contribution in [0.4, 0.5) is 10.2 Å². The van der Waals surface area contributed by atoms with Crippen LogP contribution in [0.5, 0.6) is 0 Å². The minimum Gasteiger partial charge on any atom is -0.364 e. The largest absolute Gasteiger partial charge is 0.364 e. The van der Waals surface area contributed by atoms with Crippen molar-refractivity contribution in [1.82, 2.24) is 9.38 Å². The highest BCUT2D eigenvalue weighted by Gasteiger charge is 2.28. The first-order valence-electron chi connectivity index (χ1n) is 9.08. The molecule has 0 saturated carbocycles. The van der Waals surface area contributed by atoms with E-state index in [0.29, 0.717) is 0 Å². The van der Waals surface area contributed by atoms with Crippen molar-refractivity contribution in [1.29, 1.82) is 0 Å². The van der Waals surface area contributed by atoms with Gasteiger partial charge in [0.05, 0.1) is 0 Å². The van der Waals surface area contributed by atoms with Crippen LogP contribution in [0.25, 0.3) is 16.9 Å². The van der Waals surface area contributed by atoms with Crippen LogP contribution in [0.2, 0.25) is 0 Å². The number of pyridine rings is 1. The second kappa shape index (κ2) is 6.42. The zero-order valence-corrected chi connectivity index (χ0v) is 16.5. The second-order valence-electron chi connectivity index (χ2n) is 8.95. The van der Waals surface area contributed by atoms with Gasteiger partial charge in [-0.15, -0.1) is 0 Å². The molecule has 0 saturated heterocycles. The first-order chi connectivity index (χ1) is 12.1. The van der Waals surface area contributed by atoms with Crippen LogP contribution < -0.4 is 5.32 Å². The van der Waals surface area contributed by atoms with Gasteiger partial charge < -0.3 is 5.32 Å². The fourth-order valence-electron chi connectivity index (χ4n) is 3.85. The summed E-state index contributed by atoms with van der Waals surface area (Å²) >= 11 is 0. The number of nitrogens with one attached hydrogen (secondary N) is 1. The molecule has 0 aliphatic rings. The number of anilines is 1. The molecule has 3 aromatic rings. The standard InChI is InChI=1S/C22H28FN3/c1-15-9-8-12-26-19(15)24-18(16-10-7-11-17(23)13-16)20(26)25-22(5,6)14-21(2,3)4/h7-13,25H,14H2,1-6H3. The van der Waals surface area contributed by atoms with E-state index in [1.807, 2.05) is 31.3 Å². The Bertz CT molecular complexity index is 932. The lowest BCUT2D eigenvalue weighted by Crippen LogP contribution is -2.36. The van der Waals surface area contributed by atoms with Crippen molar-refractivity contribution in [2.24, 2.45) is 5.41 Å². The quantitative estimate of drug-likeness (QED) is 0.616. The van der Waals surface area contributed by atoms with Crippen molar-refractivity contribution >= 4 is 11.5 Å². The average molecular weight is 353 g/mol. The van der Waals surface area contributed by atoms with Crippen LogP contribution in [-0.2, 0) is 0 Å². The Labute approximate surface area is 155 Å². The third-order valence-corrected chi connectivity index (χ3v) is 4.37. The summed E-state index contributed by atoms with van der Waals surface area (Å²) in [4.78, 5) is 4.84. The number of imidazole rings is 1. The molecule has 3 nitrogen and oxygen atoms in total. The van der Waals surface area contributed by atoms with Crippen molar-refractivity contribution < 1.29 is 4.39 Å². The molecule has 0 atom stereocenters. The molecule has 26 heavy (non-hydrogen) atoms. The SMILES string of the molecule is Cc1cccn2c(NC(C)(C)CC(C)(C)C)c(-c3cccc(F)c3)nc12. The van der Waals surface area contributed by atoms with E-state index in [1.165, 1.54) is 6.07 Å². The Balaban J connectivity index is 2.16. The van der Waals surface area contributed by atoms with Gasteiger partial charge in [-0.25, -0.2) is 9.37 Å². The Morgan fingerprint density at radius 1 is 1.08 bits per heavy atom. The number of rotatable bonds is 4. The first-order valence-corrected chi connectivity index (χ1v) is 9.08. The predicted molar refractivity (Wildman–Crippen MR) is 107 cm³/mol. The zero-order valence-electron chi connectivity index (χ0n) is 16.5. The smallest absolute Gasteiger partial charge is 0.142 e. The molecular weight excluding hydrogens is 325 g/mol. The first kappa shape index (κ1) is 18.4. The van der Waals surface area contributed by atoms with Crippen LogP contribution in [-0.4, -0.2) is 14.9 Å². The molecule has 0 bridgehead atoms. The number of aryl methyl sites for hydroxylation is 1. The highest BCUT2D eigenvalue weighted by molar-refractivity contribution is 5.77. The van der Waals surface area contributed by atoms with Gasteiger partial charge in [-0.2, -0.15) is 0 Å². The van der Waals surface area contributed by atoms with Crippen molar-refractivity contribution in [2.45, 2.75) is 53.5 Å². The molecule has 0 unspecified atom stereocenters. The van der Waals surface area contributed by atoms with Gasteiger partial charge in [0.1, 0.15) is 23.0 Å². The number of fused-ring (bicyclic) bond motifs is 1. The fraction of sp³-hybridized carbons (Fsp3) is 0.409. The fourth-order valence-corrected chi connectivity index (χ4v) is 3.85. The summed E-state index contributed by atoms with van der Waals surface area (Å²) in [5.41, 5.74) is 3.59. The van der Waals surface area contributed by atoms with Gasteiger partial charge in [-0.05, 0) is 56.4 Å². The van der Waals surface area contributed by atoms with E-state index >= 15 is 0 Å². The Kier molecular flexibility index (Phi) is 4.55. The molecule has 2 heterocycles. The molecule has 0 aliphatic heterocycles. The summed E-state index contributed by atoms with van der Waals surface area (Å²) < 4.78 is 15.9. The lowest BCUT2D eigenvalue weighted by molar-refractivity contribution is 0.302. The number of nitrogens with zero attached hydrogens (tertiary/aromatic N) is 2. The topological polar surface area (TPSA) is 29.3 Å². The van der Waals surface area contributed by atoms with Gasteiger partial charge in [0.2, 0.25) is 0 Å². The average Bonchev–Trinajstić information content (AvgIpc) is 2.84. The van der Waals surface area contributed by atoms with Gasteiger partial charge >= 0.3 is 0 Å². The lowest BCUT2D eigenvalue weighted by atomic mass is 9.82. The van der Waals surface area contributed by atoms with Crippen LogP contribution >= 0.6 is 0 Å². The normalized spacial score (nSPS) is 12.6. The number of hydrogen-bond acceptors (Lipinski definition) is 2. The highest BCUT2D eigenvalue weighted by atomic mass is 19.1. The molecule has 0 fully saturated rings. The molecule has 1 aromatic carbocycles. The maximum absolute atomic E-state index is 13.8. The van der Waals surface area contributed by atoms with Crippen molar-refractivity contribution in [3.05, 3.63) is 54.0 Å². The summed E-state index contributed by atoms with van der Waals surface area (Å²) in [7, 11) is 0. The lowest BCUT2D eigenvalue weighted by Gasteiger charge is -2.34. The highest BCUT2D eigenvalue weighted by Crippen LogP contribution is 2.35. The van der Waals surface area contributed by atoms with E-state index < -0.39 is 0 Å². The molecule has 0 spiro atoms. The molecule has 0 aliphatic carbocycles. The summed E-state index contributed by atoms with van der Waals surface area (Å²) in [6, 6.07) is 10.7. The van der Waals surface area contributed by atoms with Crippen LogP contribution in [0, 0.1) is 18.2 Å². The number of hydrogen-bond donors (Lipinski definition) is 1. The molecule has 138 valence electrons. The van der Waals surface area contributed by atoms with Gasteiger partial charge in [0.15, 0.2) is 0 Å². The summed E-state index contributed by atoms with van der Waals surface area (Å²) in [6.45, 7) is 13.2. The van der Waals surface area contributed by atoms with E-state index in [9.17, 15) is 4.39 Å². The maximum atomic E-state index is 13.8. The summed E-state index contributed by atoms with van der Waals surface area (Å²) in [6.07, 6.45) is 3.00. The number of aromatic nitrogens is 2. The third kappa shape index (κ3) is 3.90. The van der Waals surface area contributed by atoms with Crippen molar-refractivity contribution in [3.8, 4) is 11.3 Å². The van der Waals surface area contributed by atoms with E-state index in [-0.39, 0.29) is 16.8 Å². The monoisotopic (exact) mass is 353 g/mol. The van der Waals surface area contributed by atoms with Crippen molar-refractivity contribution in [2.75, 3.05) is 5.32 Å². The van der Waals surface area contributed by atoms with Gasteiger partial charge in [0.25, 0.3) is 0 Å². The van der Waals surface area contributed by atoms with E-state index in [4.69, 9.17) is 4.98 Å². The molecule has 4 heteroatoms. The van der Waals surface area contributed by atoms with Gasteiger partial charge in [0, 0.05) is 17.3 Å². The summed E-state index contributed by atoms with van der Waals surface area (Å²) in [5.74, 6) is 0.653. The van der Waals surface area contributed by atoms with Crippen LogP contribution in [0.15, 0.2) is 42.6 Å². The third-order valence-electron chi connectivity index (χ3n) is 4.37. The van der Waals surface area contributed by atoms with Gasteiger partial charge in [-0.3, -0.25) is 4.40 Å². The second-order valence-corrected chi connectivity index (χ2v) is 8.95. The van der Waals surface area contributed by atoms with Crippen molar-refractivity contribution in [3.63, 3.8) is 0 Å². The molecule has 3 rings (SSSR count). The molecule has 0 amide bonds. The Hall–Kier alpha value is -2.36.